The lowest BCUT2D eigenvalue weighted by Gasteiger charge is -2.29. The van der Waals surface area contributed by atoms with E-state index >= 15 is 0 Å². The second-order valence-electron chi connectivity index (χ2n) is 4.94. The first kappa shape index (κ1) is 15.6. The lowest BCUT2D eigenvalue weighted by molar-refractivity contribution is -0.200. The molecule has 1 aliphatic heterocycles. The quantitative estimate of drug-likeness (QED) is 0.615. The Balaban J connectivity index is 2.03. The van der Waals surface area contributed by atoms with Crippen LogP contribution in [0, 0.1) is 29.6 Å². The third kappa shape index (κ3) is 4.61. The van der Waals surface area contributed by atoms with Crippen LogP contribution in [0.25, 0.3) is 0 Å². The van der Waals surface area contributed by atoms with E-state index in [0.717, 1.165) is 19.3 Å². The van der Waals surface area contributed by atoms with Crippen LogP contribution < -0.4 is 5.32 Å². The average Bonchev–Trinajstić information content (AvgIpc) is 3.05. The van der Waals surface area contributed by atoms with Gasteiger partial charge in [-0.3, -0.25) is 0 Å². The zero-order valence-electron chi connectivity index (χ0n) is 12.0. The number of furan rings is 1. The molecule has 2 rings (SSSR count). The summed E-state index contributed by atoms with van der Waals surface area (Å²) >= 11 is 0. The molecule has 0 amide bonds. The third-order valence-electron chi connectivity index (χ3n) is 3.38. The Morgan fingerprint density at radius 1 is 1.52 bits per heavy atom. The van der Waals surface area contributed by atoms with Crippen molar-refractivity contribution in [2.24, 2.45) is 5.92 Å². The number of hydrogen-bond donors (Lipinski definition) is 1. The van der Waals surface area contributed by atoms with Gasteiger partial charge in [-0.15, -0.1) is 6.42 Å². The largest absolute Gasteiger partial charge is 0.467 e. The highest BCUT2D eigenvalue weighted by Gasteiger charge is 2.30. The molecule has 0 aliphatic carbocycles. The topological polar surface area (TPSA) is 67.4 Å². The first-order valence-corrected chi connectivity index (χ1v) is 7.19. The van der Waals surface area contributed by atoms with E-state index < -0.39 is 12.0 Å². The van der Waals surface area contributed by atoms with Crippen molar-refractivity contribution in [1.29, 1.82) is 5.26 Å². The van der Waals surface area contributed by atoms with Crippen molar-refractivity contribution in [3.63, 3.8) is 0 Å². The molecule has 1 aromatic rings. The molecule has 3 unspecified atom stereocenters. The fraction of sp³-hybridized carbons (Fsp3) is 0.562. The van der Waals surface area contributed by atoms with Crippen molar-refractivity contribution in [3.8, 4) is 18.4 Å². The van der Waals surface area contributed by atoms with Gasteiger partial charge in [0.2, 0.25) is 0 Å². The van der Waals surface area contributed by atoms with E-state index in [1.54, 1.807) is 12.3 Å². The van der Waals surface area contributed by atoms with Crippen molar-refractivity contribution < 1.29 is 13.9 Å². The van der Waals surface area contributed by atoms with Gasteiger partial charge < -0.3 is 19.2 Å². The highest BCUT2D eigenvalue weighted by atomic mass is 16.7. The summed E-state index contributed by atoms with van der Waals surface area (Å²) in [6.07, 6.45) is 9.02. The van der Waals surface area contributed by atoms with Gasteiger partial charge in [0.25, 0.3) is 0 Å². The number of nitrogens with one attached hydrogen (secondary N) is 1. The molecule has 0 radical (unpaired) electrons. The van der Waals surface area contributed by atoms with Gasteiger partial charge in [0, 0.05) is 13.2 Å². The molecule has 1 N–H and O–H groups in total. The summed E-state index contributed by atoms with van der Waals surface area (Å²) in [7, 11) is 0. The molecular formula is C16H20N2O3. The van der Waals surface area contributed by atoms with Gasteiger partial charge in [-0.25, -0.2) is 0 Å². The van der Waals surface area contributed by atoms with Crippen LogP contribution in [0.1, 0.15) is 31.1 Å². The van der Waals surface area contributed by atoms with E-state index in [1.807, 2.05) is 6.07 Å². The number of ether oxygens (including phenoxy) is 2. The van der Waals surface area contributed by atoms with E-state index in [0.29, 0.717) is 25.5 Å². The second kappa shape index (κ2) is 8.49. The standard InChI is InChI=1S/C16H20N2O3/c1-2-8-18-12-13(11-17)16(14-6-5-10-19-14)21-15-7-3-4-9-20-15/h1,5-6,10,13,15-16,18H,3-4,7-9,12H2. The second-order valence-corrected chi connectivity index (χ2v) is 4.94. The van der Waals surface area contributed by atoms with E-state index in [-0.39, 0.29) is 6.29 Å². The monoisotopic (exact) mass is 288 g/mol. The number of hydrogen-bond acceptors (Lipinski definition) is 5. The highest BCUT2D eigenvalue weighted by molar-refractivity contribution is 5.08. The van der Waals surface area contributed by atoms with Gasteiger partial charge in [0.1, 0.15) is 11.9 Å². The van der Waals surface area contributed by atoms with Gasteiger partial charge >= 0.3 is 0 Å². The molecule has 5 nitrogen and oxygen atoms in total. The molecule has 0 saturated carbocycles. The van der Waals surface area contributed by atoms with Crippen molar-refractivity contribution >= 4 is 0 Å². The fourth-order valence-corrected chi connectivity index (χ4v) is 2.32. The Hall–Kier alpha value is -1.79. The molecular weight excluding hydrogens is 268 g/mol. The third-order valence-corrected chi connectivity index (χ3v) is 3.38. The molecule has 1 aliphatic rings. The first-order valence-electron chi connectivity index (χ1n) is 7.19. The zero-order chi connectivity index (χ0) is 14.9. The molecule has 2 heterocycles. The van der Waals surface area contributed by atoms with Crippen LogP contribution >= 0.6 is 0 Å². The van der Waals surface area contributed by atoms with Crippen molar-refractivity contribution in [1.82, 2.24) is 5.32 Å². The SMILES string of the molecule is C#CCNCC(C#N)C(OC1CCCCO1)c1ccco1. The number of nitrogens with zero attached hydrogens (tertiary/aromatic N) is 1. The van der Waals surface area contributed by atoms with Crippen LogP contribution in [0.5, 0.6) is 0 Å². The van der Waals surface area contributed by atoms with Crippen molar-refractivity contribution in [2.45, 2.75) is 31.7 Å². The van der Waals surface area contributed by atoms with Crippen molar-refractivity contribution in [2.75, 3.05) is 19.7 Å². The lowest BCUT2D eigenvalue weighted by atomic mass is 10.0. The van der Waals surface area contributed by atoms with Gasteiger partial charge in [0.05, 0.1) is 24.8 Å². The maximum Gasteiger partial charge on any atom is 0.158 e. The number of rotatable bonds is 7. The fourth-order valence-electron chi connectivity index (χ4n) is 2.32. The summed E-state index contributed by atoms with van der Waals surface area (Å²) in [6.45, 7) is 1.56. The molecule has 5 heteroatoms. The Labute approximate surface area is 125 Å². The van der Waals surface area contributed by atoms with E-state index in [4.69, 9.17) is 20.3 Å². The molecule has 112 valence electrons. The van der Waals surface area contributed by atoms with Crippen molar-refractivity contribution in [3.05, 3.63) is 24.2 Å². The maximum absolute atomic E-state index is 9.42. The van der Waals surface area contributed by atoms with Crippen LogP contribution in [0.15, 0.2) is 22.8 Å². The molecule has 0 spiro atoms. The summed E-state index contributed by atoms with van der Waals surface area (Å²) in [4.78, 5) is 0. The predicted octanol–water partition coefficient (Wildman–Crippen LogP) is 2.23. The molecule has 1 fully saturated rings. The molecule has 0 aromatic carbocycles. The average molecular weight is 288 g/mol. The Kier molecular flexibility index (Phi) is 6.30. The normalized spacial score (nSPS) is 21.1. The molecule has 21 heavy (non-hydrogen) atoms. The van der Waals surface area contributed by atoms with E-state index in [1.165, 1.54) is 0 Å². The smallest absolute Gasteiger partial charge is 0.158 e. The lowest BCUT2D eigenvalue weighted by Crippen LogP contribution is -2.32. The van der Waals surface area contributed by atoms with Gasteiger partial charge in [-0.05, 0) is 31.4 Å². The summed E-state index contributed by atoms with van der Waals surface area (Å²) in [5.41, 5.74) is 0. The molecule has 0 bridgehead atoms. The number of terminal acetylenes is 1. The minimum absolute atomic E-state index is 0.280. The van der Waals surface area contributed by atoms with E-state index in [2.05, 4.69) is 17.3 Å². The van der Waals surface area contributed by atoms with Gasteiger partial charge in [-0.1, -0.05) is 5.92 Å². The van der Waals surface area contributed by atoms with Crippen LogP contribution in [0.2, 0.25) is 0 Å². The Morgan fingerprint density at radius 3 is 3.05 bits per heavy atom. The Bertz CT molecular complexity index is 481. The predicted molar refractivity (Wildman–Crippen MR) is 76.9 cm³/mol. The number of nitriles is 1. The minimum atomic E-state index is -0.460. The van der Waals surface area contributed by atoms with Crippen LogP contribution in [0.4, 0.5) is 0 Å². The van der Waals surface area contributed by atoms with Crippen LogP contribution in [-0.4, -0.2) is 26.0 Å². The first-order chi connectivity index (χ1) is 10.3. The summed E-state index contributed by atoms with van der Waals surface area (Å²) in [6, 6.07) is 5.87. The molecule has 1 saturated heterocycles. The van der Waals surface area contributed by atoms with Crippen LogP contribution in [-0.2, 0) is 9.47 Å². The zero-order valence-corrected chi connectivity index (χ0v) is 12.0. The molecule has 1 aromatic heterocycles. The van der Waals surface area contributed by atoms with Crippen LogP contribution in [0.3, 0.4) is 0 Å². The Morgan fingerprint density at radius 2 is 2.43 bits per heavy atom. The van der Waals surface area contributed by atoms with E-state index in [9.17, 15) is 5.26 Å². The van der Waals surface area contributed by atoms with Gasteiger partial charge in [0.15, 0.2) is 6.29 Å². The van der Waals surface area contributed by atoms with Gasteiger partial charge in [-0.2, -0.15) is 5.26 Å². The highest BCUT2D eigenvalue weighted by Crippen LogP contribution is 2.30. The minimum Gasteiger partial charge on any atom is -0.467 e. The summed E-state index contributed by atoms with van der Waals surface area (Å²) in [5, 5.41) is 12.5. The molecule has 3 atom stereocenters. The maximum atomic E-state index is 9.42. The summed E-state index contributed by atoms with van der Waals surface area (Å²) < 4.78 is 17.0. The summed E-state index contributed by atoms with van der Waals surface area (Å²) in [5.74, 6) is 2.74.